The van der Waals surface area contributed by atoms with Crippen LogP contribution in [0.4, 0.5) is 10.5 Å². The molecule has 1 aromatic rings. The number of sulfonamides is 1. The first kappa shape index (κ1) is 21.6. The Morgan fingerprint density at radius 1 is 1.32 bits per heavy atom. The number of hydrogen-bond donors (Lipinski definition) is 2. The highest BCUT2D eigenvalue weighted by atomic mass is 32.2. The van der Waals surface area contributed by atoms with E-state index in [4.69, 9.17) is 4.74 Å². The Kier molecular flexibility index (Phi) is 6.24. The van der Waals surface area contributed by atoms with Crippen molar-refractivity contribution < 1.29 is 27.7 Å². The van der Waals surface area contributed by atoms with Crippen LogP contribution in [0.3, 0.4) is 0 Å². The molecule has 0 aromatic heterocycles. The summed E-state index contributed by atoms with van der Waals surface area (Å²) in [5.74, 6) is 0. The van der Waals surface area contributed by atoms with Gasteiger partial charge in [-0.2, -0.15) is 0 Å². The van der Waals surface area contributed by atoms with Gasteiger partial charge in [0.2, 0.25) is 16.4 Å². The Bertz CT molecular complexity index is 849. The Hall–Kier alpha value is -2.73. The molecule has 1 aliphatic heterocycles. The Balaban J connectivity index is 2.13. The van der Waals surface area contributed by atoms with Crippen molar-refractivity contribution >= 4 is 28.2 Å². The van der Waals surface area contributed by atoms with E-state index in [2.05, 4.69) is 10.0 Å². The molecule has 0 radical (unpaired) electrons. The number of nitrogens with one attached hydrogen (secondary N) is 2. The van der Waals surface area contributed by atoms with E-state index in [1.54, 1.807) is 20.8 Å². The van der Waals surface area contributed by atoms with Crippen LogP contribution in [0.1, 0.15) is 27.2 Å². The average molecular weight is 414 g/mol. The third-order valence-electron chi connectivity index (χ3n) is 3.87. The molecule has 1 saturated heterocycles. The van der Waals surface area contributed by atoms with Crippen molar-refractivity contribution in [3.8, 4) is 0 Å². The predicted molar refractivity (Wildman–Crippen MR) is 97.8 cm³/mol. The van der Waals surface area contributed by atoms with Gasteiger partial charge in [-0.25, -0.2) is 17.9 Å². The lowest BCUT2D eigenvalue weighted by atomic mass is 10.2. The molecule has 0 unspecified atom stereocenters. The molecular formula is C16H22N4O7S. The number of non-ortho nitro benzene ring substituents is 1. The fourth-order valence-electron chi connectivity index (χ4n) is 2.71. The molecule has 1 heterocycles. The first-order chi connectivity index (χ1) is 12.9. The van der Waals surface area contributed by atoms with Crippen molar-refractivity contribution in [3.63, 3.8) is 0 Å². The van der Waals surface area contributed by atoms with E-state index in [9.17, 15) is 28.1 Å². The van der Waals surface area contributed by atoms with Gasteiger partial charge < -0.3 is 10.1 Å². The number of ether oxygens (including phenoxy) is 1. The number of rotatable bonds is 6. The standard InChI is InChI=1S/C16H22N4O7S/c1-16(2,3)27-15(22)19-9-11(8-14(19)17-10-21)18-28(25,26)13-6-4-12(5-7-13)20(23)24/h4-7,10-11,14,18H,8-9H2,1-3H3,(H,17,21)/t11-,14+/m1/s1. The van der Waals surface area contributed by atoms with Crippen molar-refractivity contribution in [1.29, 1.82) is 0 Å². The monoisotopic (exact) mass is 414 g/mol. The first-order valence-corrected chi connectivity index (χ1v) is 9.87. The fraction of sp³-hybridized carbons (Fsp3) is 0.500. The number of carbonyl (C=O) groups excluding carboxylic acids is 2. The number of nitro groups is 1. The minimum Gasteiger partial charge on any atom is -0.444 e. The molecule has 0 saturated carbocycles. The molecule has 2 rings (SSSR count). The van der Waals surface area contributed by atoms with Crippen LogP contribution < -0.4 is 10.0 Å². The summed E-state index contributed by atoms with van der Waals surface area (Å²) in [7, 11) is -3.98. The molecule has 0 bridgehead atoms. The van der Waals surface area contributed by atoms with Gasteiger partial charge in [0.25, 0.3) is 5.69 Å². The van der Waals surface area contributed by atoms with Gasteiger partial charge in [0, 0.05) is 31.1 Å². The van der Waals surface area contributed by atoms with E-state index in [0.29, 0.717) is 6.41 Å². The highest BCUT2D eigenvalue weighted by Gasteiger charge is 2.39. The summed E-state index contributed by atoms with van der Waals surface area (Å²) < 4.78 is 32.8. The molecule has 2 N–H and O–H groups in total. The minimum absolute atomic E-state index is 0.00731. The van der Waals surface area contributed by atoms with Crippen LogP contribution in [-0.2, 0) is 19.6 Å². The summed E-state index contributed by atoms with van der Waals surface area (Å²) in [5.41, 5.74) is -0.981. The maximum atomic E-state index is 12.5. The van der Waals surface area contributed by atoms with E-state index in [1.807, 2.05) is 0 Å². The van der Waals surface area contributed by atoms with Gasteiger partial charge in [-0.3, -0.25) is 19.8 Å². The van der Waals surface area contributed by atoms with Crippen molar-refractivity contribution in [3.05, 3.63) is 34.4 Å². The predicted octanol–water partition coefficient (Wildman–Crippen LogP) is 0.955. The van der Waals surface area contributed by atoms with Gasteiger partial charge >= 0.3 is 6.09 Å². The Labute approximate surface area is 162 Å². The molecule has 154 valence electrons. The van der Waals surface area contributed by atoms with Gasteiger partial charge in [-0.05, 0) is 32.9 Å². The Morgan fingerprint density at radius 2 is 1.93 bits per heavy atom. The van der Waals surface area contributed by atoms with Crippen molar-refractivity contribution in [1.82, 2.24) is 14.9 Å². The normalized spacial score (nSPS) is 19.9. The zero-order valence-corrected chi connectivity index (χ0v) is 16.4. The zero-order valence-electron chi connectivity index (χ0n) is 15.6. The smallest absolute Gasteiger partial charge is 0.411 e. The molecule has 1 aromatic carbocycles. The Morgan fingerprint density at radius 3 is 2.43 bits per heavy atom. The largest absolute Gasteiger partial charge is 0.444 e. The van der Waals surface area contributed by atoms with Crippen LogP contribution in [0.15, 0.2) is 29.2 Å². The summed E-state index contributed by atoms with van der Waals surface area (Å²) in [5, 5.41) is 13.2. The van der Waals surface area contributed by atoms with Gasteiger partial charge in [-0.1, -0.05) is 0 Å². The zero-order chi connectivity index (χ0) is 21.1. The van der Waals surface area contributed by atoms with Gasteiger partial charge in [0.05, 0.1) is 9.82 Å². The van der Waals surface area contributed by atoms with Crippen LogP contribution in [0, 0.1) is 10.1 Å². The number of carbonyl (C=O) groups is 2. The summed E-state index contributed by atoms with van der Waals surface area (Å²) in [4.78, 5) is 34.3. The second-order valence-corrected chi connectivity index (χ2v) is 8.95. The van der Waals surface area contributed by atoms with E-state index < -0.39 is 38.8 Å². The van der Waals surface area contributed by atoms with E-state index in [-0.39, 0.29) is 23.5 Å². The maximum Gasteiger partial charge on any atom is 0.411 e. The molecule has 28 heavy (non-hydrogen) atoms. The number of amides is 2. The fourth-order valence-corrected chi connectivity index (χ4v) is 3.95. The number of hydrogen-bond acceptors (Lipinski definition) is 7. The van der Waals surface area contributed by atoms with E-state index >= 15 is 0 Å². The average Bonchev–Trinajstić information content (AvgIpc) is 2.95. The van der Waals surface area contributed by atoms with Crippen molar-refractivity contribution in [2.75, 3.05) is 6.54 Å². The molecule has 0 aliphatic carbocycles. The van der Waals surface area contributed by atoms with E-state index in [1.165, 1.54) is 4.90 Å². The molecule has 11 nitrogen and oxygen atoms in total. The second-order valence-electron chi connectivity index (χ2n) is 7.24. The van der Waals surface area contributed by atoms with Crippen LogP contribution in [0.2, 0.25) is 0 Å². The van der Waals surface area contributed by atoms with Crippen LogP contribution in [0.25, 0.3) is 0 Å². The van der Waals surface area contributed by atoms with Crippen molar-refractivity contribution in [2.24, 2.45) is 0 Å². The lowest BCUT2D eigenvalue weighted by Crippen LogP contribution is -2.46. The molecule has 12 heteroatoms. The quantitative estimate of drug-likeness (QED) is 0.400. The molecule has 2 atom stereocenters. The minimum atomic E-state index is -3.98. The SMILES string of the molecule is CC(C)(C)OC(=O)N1C[C@H](NS(=O)(=O)c2ccc([N+](=O)[O-])cc2)C[C@H]1NC=O. The third kappa shape index (κ3) is 5.39. The van der Waals surface area contributed by atoms with Gasteiger partial charge in [-0.15, -0.1) is 0 Å². The van der Waals surface area contributed by atoms with Crippen LogP contribution in [0.5, 0.6) is 0 Å². The van der Waals surface area contributed by atoms with E-state index in [0.717, 1.165) is 24.3 Å². The lowest BCUT2D eigenvalue weighted by Gasteiger charge is -2.28. The lowest BCUT2D eigenvalue weighted by molar-refractivity contribution is -0.384. The van der Waals surface area contributed by atoms with Crippen molar-refractivity contribution in [2.45, 2.75) is 49.9 Å². The van der Waals surface area contributed by atoms with Gasteiger partial charge in [0.15, 0.2) is 0 Å². The summed E-state index contributed by atoms with van der Waals surface area (Å²) in [6.45, 7) is 5.07. The molecule has 1 aliphatic rings. The van der Waals surface area contributed by atoms with Gasteiger partial charge in [0.1, 0.15) is 11.8 Å². The third-order valence-corrected chi connectivity index (χ3v) is 5.41. The number of benzene rings is 1. The molecular weight excluding hydrogens is 392 g/mol. The topological polar surface area (TPSA) is 148 Å². The molecule has 1 fully saturated rings. The number of likely N-dealkylation sites (tertiary alicyclic amines) is 1. The highest BCUT2D eigenvalue weighted by Crippen LogP contribution is 2.22. The van der Waals surface area contributed by atoms with Crippen LogP contribution in [-0.4, -0.2) is 55.1 Å². The van der Waals surface area contributed by atoms with Crippen LogP contribution >= 0.6 is 0 Å². The highest BCUT2D eigenvalue weighted by molar-refractivity contribution is 7.89. The maximum absolute atomic E-state index is 12.5. The molecule has 2 amide bonds. The number of nitro benzene ring substituents is 1. The summed E-state index contributed by atoms with van der Waals surface area (Å²) >= 11 is 0. The summed E-state index contributed by atoms with van der Waals surface area (Å²) in [6, 6.07) is 3.76. The molecule has 0 spiro atoms. The number of nitrogens with zero attached hydrogens (tertiary/aromatic N) is 2. The second kappa shape index (κ2) is 8.10. The summed E-state index contributed by atoms with van der Waals surface area (Å²) in [6.07, 6.45) is -0.833. The first-order valence-electron chi connectivity index (χ1n) is 8.39.